The molecule has 0 aromatic heterocycles. The Morgan fingerprint density at radius 1 is 0.386 bits per heavy atom. The van der Waals surface area contributed by atoms with Crippen LogP contribution in [0, 0.1) is 5.92 Å². The first-order valence-electron chi connectivity index (χ1n) is 25.9. The van der Waals surface area contributed by atoms with Crippen LogP contribution in [0.3, 0.4) is 0 Å². The lowest BCUT2D eigenvalue weighted by atomic mass is 9.82. The molecule has 1 amide bonds. The molecule has 19 atom stereocenters. The van der Waals surface area contributed by atoms with E-state index < -0.39 is 214 Å². The Morgan fingerprint density at radius 2 is 0.747 bits per heavy atom. The summed E-state index contributed by atoms with van der Waals surface area (Å²) in [6.45, 7) is 14.1. The van der Waals surface area contributed by atoms with E-state index in [9.17, 15) is 62.3 Å². The van der Waals surface area contributed by atoms with Crippen molar-refractivity contribution in [2.45, 2.75) is 214 Å². The van der Waals surface area contributed by atoms with Gasteiger partial charge in [0.05, 0.1) is 18.2 Å². The van der Waals surface area contributed by atoms with Crippen molar-refractivity contribution in [3.05, 3.63) is 11.6 Å². The average Bonchev–Trinajstić information content (AvgIpc) is 2.29. The second-order valence-electron chi connectivity index (χ2n) is 19.5. The maximum atomic E-state index is 14.3. The average molecular weight is 1190 g/mol. The van der Waals surface area contributed by atoms with Crippen molar-refractivity contribution < 1.29 is 143 Å². The number of hydrogen-bond acceptors (Lipinski definition) is 30. The van der Waals surface area contributed by atoms with Crippen LogP contribution in [0.4, 0.5) is 0 Å². The van der Waals surface area contributed by atoms with Gasteiger partial charge in [-0.3, -0.25) is 62.3 Å². The van der Waals surface area contributed by atoms with Gasteiger partial charge in [0.1, 0.15) is 44.2 Å². The quantitative estimate of drug-likeness (QED) is 0.0817. The number of esters is 12. The van der Waals surface area contributed by atoms with Crippen LogP contribution in [0.15, 0.2) is 11.6 Å². The third-order valence-corrected chi connectivity index (χ3v) is 12.7. The SMILES string of the molecule is CC(=O)OCC1=C[C@H](N(C(C)=O)[C@@H]2C(C)O[C@H](O[C@@H]3C(COC(C)=O)O[C@H](O[C@@H]4C(COC(C)=O)OC(OC(C)=O)[C@@H](OC(C)=O)C4OC(C)=O)[C@@H](OC(C)=O)C3OC(C)=O)[C@@H](OC(C)=O)C2C)[C@H](OC(C)=O)[C@@H](OC(C)=O)[C@@H]1OC(C)=O. The molecule has 0 N–H and O–H groups in total. The Labute approximate surface area is 475 Å². The normalized spacial score (nSPS) is 32.0. The van der Waals surface area contributed by atoms with Crippen LogP contribution in [0.25, 0.3) is 0 Å². The monoisotopic (exact) mass is 1190 g/mol. The number of nitrogens with zero attached hydrogens (tertiary/aromatic N) is 1. The van der Waals surface area contributed by atoms with Crippen LogP contribution in [-0.2, 0) is 143 Å². The molecule has 3 heterocycles. The fourth-order valence-electron chi connectivity index (χ4n) is 10.0. The minimum atomic E-state index is -2.06. The molecule has 4 rings (SSSR count). The molecule has 0 aromatic carbocycles. The molecule has 1 aliphatic carbocycles. The molecule has 3 saturated heterocycles. The van der Waals surface area contributed by atoms with Crippen molar-refractivity contribution in [2.24, 2.45) is 5.92 Å². The Morgan fingerprint density at radius 3 is 1.16 bits per heavy atom. The van der Waals surface area contributed by atoms with Gasteiger partial charge in [0.25, 0.3) is 0 Å². The van der Waals surface area contributed by atoms with Crippen molar-refractivity contribution in [2.75, 3.05) is 19.8 Å². The number of carbonyl (C=O) groups is 13. The minimum Gasteiger partial charge on any atom is -0.463 e. The number of carbonyl (C=O) groups excluding carboxylic acids is 13. The maximum Gasteiger partial charge on any atom is 0.305 e. The molecule has 83 heavy (non-hydrogen) atoms. The van der Waals surface area contributed by atoms with E-state index in [4.69, 9.17) is 80.5 Å². The van der Waals surface area contributed by atoms with Gasteiger partial charge in [-0.1, -0.05) is 13.0 Å². The highest BCUT2D eigenvalue weighted by molar-refractivity contribution is 5.76. The molecule has 464 valence electrons. The standard InChI is InChI=1S/C52H71NO30/c1-20-39(53(22(3)54)36-16-35(17-67-23(4)55)41(72-27(8)59)45(74-29(10)61)42(36)73-28(9)60)21(2)70-50(40(20)71-26(7)58)82-43-38(19-69-25(6)57)81-52(49(78-33(14)65)47(43)76-31(12)63)83-44-37(18-68-24(5)56)80-51(79-34(15)66)48(77-32(13)64)46(44)75-30(11)62/h16,20-21,36-52H,17-19H2,1-15H3/t20?,21?,36-,37?,38?,39-,40-,41+,42-,43+,44+,45-,46?,47?,48-,49-,50+,51?,52+/m0/s1. The smallest absolute Gasteiger partial charge is 0.305 e. The summed E-state index contributed by atoms with van der Waals surface area (Å²) >= 11 is 0. The van der Waals surface area contributed by atoms with Gasteiger partial charge >= 0.3 is 71.6 Å². The minimum absolute atomic E-state index is 0.0124. The third-order valence-electron chi connectivity index (χ3n) is 12.7. The molecule has 3 fully saturated rings. The second kappa shape index (κ2) is 30.3. The fourth-order valence-corrected chi connectivity index (χ4v) is 10.0. The maximum absolute atomic E-state index is 14.3. The van der Waals surface area contributed by atoms with Crippen LogP contribution < -0.4 is 0 Å². The summed E-state index contributed by atoms with van der Waals surface area (Å²) in [6.07, 6.45) is -26.7. The molecule has 0 spiro atoms. The van der Waals surface area contributed by atoms with Gasteiger partial charge in [-0.2, -0.15) is 0 Å². The number of hydrogen-bond donors (Lipinski definition) is 0. The molecule has 0 radical (unpaired) electrons. The summed E-state index contributed by atoms with van der Waals surface area (Å²) in [5.41, 5.74) is -0.0124. The summed E-state index contributed by atoms with van der Waals surface area (Å²) in [4.78, 5) is 168. The Hall–Kier alpha value is -7.35. The summed E-state index contributed by atoms with van der Waals surface area (Å²) in [7, 11) is 0. The summed E-state index contributed by atoms with van der Waals surface area (Å²) in [5.74, 6) is -13.3. The first-order chi connectivity index (χ1) is 38.7. The van der Waals surface area contributed by atoms with Gasteiger partial charge in [0.15, 0.2) is 55.3 Å². The molecule has 7 unspecified atom stereocenters. The Balaban J connectivity index is 1.93. The molecule has 0 bridgehead atoms. The number of rotatable bonds is 21. The molecule has 31 nitrogen and oxygen atoms in total. The van der Waals surface area contributed by atoms with E-state index in [0.29, 0.717) is 0 Å². The lowest BCUT2D eigenvalue weighted by molar-refractivity contribution is -0.374. The summed E-state index contributed by atoms with van der Waals surface area (Å²) < 4.78 is 98.6. The highest BCUT2D eigenvalue weighted by Gasteiger charge is 2.60. The van der Waals surface area contributed by atoms with E-state index in [1.165, 1.54) is 24.8 Å². The highest BCUT2D eigenvalue weighted by atomic mass is 16.8. The zero-order valence-electron chi connectivity index (χ0n) is 48.4. The van der Waals surface area contributed by atoms with Crippen LogP contribution in [0.5, 0.6) is 0 Å². The lowest BCUT2D eigenvalue weighted by Crippen LogP contribution is -2.69. The largest absolute Gasteiger partial charge is 0.463 e. The zero-order chi connectivity index (χ0) is 62.5. The topological polar surface area (TPSA) is 382 Å². The van der Waals surface area contributed by atoms with Gasteiger partial charge in [-0.25, -0.2) is 0 Å². The molecule has 31 heteroatoms. The van der Waals surface area contributed by atoms with E-state index >= 15 is 0 Å². The van der Waals surface area contributed by atoms with E-state index in [0.717, 1.165) is 90.0 Å². The third kappa shape index (κ3) is 19.1. The van der Waals surface area contributed by atoms with Crippen LogP contribution in [0.1, 0.15) is 104 Å². The van der Waals surface area contributed by atoms with Crippen molar-refractivity contribution in [1.29, 1.82) is 0 Å². The van der Waals surface area contributed by atoms with Crippen LogP contribution in [0.2, 0.25) is 0 Å². The Bertz CT molecular complexity index is 2480. The molecule has 0 aromatic rings. The molecular formula is C52H71NO30. The van der Waals surface area contributed by atoms with Gasteiger partial charge in [0, 0.05) is 101 Å². The number of amides is 1. The van der Waals surface area contributed by atoms with E-state index in [1.807, 2.05) is 0 Å². The predicted octanol–water partition coefficient (Wildman–Crippen LogP) is -0.181. The first-order valence-corrected chi connectivity index (χ1v) is 25.9. The number of ether oxygens (including phenoxy) is 17. The van der Waals surface area contributed by atoms with Crippen LogP contribution >= 0.6 is 0 Å². The Kier molecular flexibility index (Phi) is 24.9. The van der Waals surface area contributed by atoms with Crippen molar-refractivity contribution in [3.8, 4) is 0 Å². The molecule has 0 saturated carbocycles. The van der Waals surface area contributed by atoms with Gasteiger partial charge < -0.3 is 85.4 Å². The fraction of sp³-hybridized carbons (Fsp3) is 0.712. The van der Waals surface area contributed by atoms with Crippen molar-refractivity contribution in [1.82, 2.24) is 4.90 Å². The second-order valence-corrected chi connectivity index (χ2v) is 19.5. The van der Waals surface area contributed by atoms with E-state index in [-0.39, 0.29) is 5.57 Å². The van der Waals surface area contributed by atoms with Crippen LogP contribution in [-0.4, -0.2) is 213 Å². The van der Waals surface area contributed by atoms with E-state index in [1.54, 1.807) is 0 Å². The summed E-state index contributed by atoms with van der Waals surface area (Å²) in [6, 6.07) is -2.73. The summed E-state index contributed by atoms with van der Waals surface area (Å²) in [5, 5.41) is 0. The van der Waals surface area contributed by atoms with Crippen molar-refractivity contribution >= 4 is 77.5 Å². The molecular weight excluding hydrogens is 1120 g/mol. The first kappa shape index (κ1) is 68.2. The van der Waals surface area contributed by atoms with Gasteiger partial charge in [0.2, 0.25) is 18.3 Å². The predicted molar refractivity (Wildman–Crippen MR) is 265 cm³/mol. The van der Waals surface area contributed by atoms with Gasteiger partial charge in [-0.15, -0.1) is 0 Å². The lowest BCUT2D eigenvalue weighted by Gasteiger charge is -2.53. The van der Waals surface area contributed by atoms with Crippen molar-refractivity contribution in [3.63, 3.8) is 0 Å². The zero-order valence-corrected chi connectivity index (χ0v) is 48.4. The van der Waals surface area contributed by atoms with Gasteiger partial charge in [-0.05, 0) is 6.92 Å². The molecule has 3 aliphatic heterocycles. The van der Waals surface area contributed by atoms with E-state index in [2.05, 4.69) is 0 Å². The highest BCUT2D eigenvalue weighted by Crippen LogP contribution is 2.41. The molecule has 4 aliphatic rings.